The minimum Gasteiger partial charge on any atom is -0.496 e. The predicted molar refractivity (Wildman–Crippen MR) is 82.5 cm³/mol. The molecule has 0 bridgehead atoms. The third-order valence-electron chi connectivity index (χ3n) is 3.06. The zero-order valence-corrected chi connectivity index (χ0v) is 12.5. The van der Waals surface area contributed by atoms with Crippen molar-refractivity contribution < 1.29 is 13.6 Å². The number of nitrogens with one attached hydrogen (secondary N) is 1. The van der Waals surface area contributed by atoms with Crippen LogP contribution in [0.1, 0.15) is 28.3 Å². The molecule has 0 radical (unpaired) electrons. The molecule has 5 nitrogen and oxygen atoms in total. The fraction of sp³-hybridized carbons (Fsp3) is 0.500. The van der Waals surface area contributed by atoms with Gasteiger partial charge in [-0.05, 0) is 19.2 Å². The van der Waals surface area contributed by atoms with Crippen LogP contribution in [0.3, 0.4) is 0 Å². The van der Waals surface area contributed by atoms with E-state index in [9.17, 15) is 4.79 Å². The number of anilines is 1. The molecule has 0 unspecified atom stereocenters. The molecule has 1 amide bonds. The van der Waals surface area contributed by atoms with Crippen molar-refractivity contribution in [3.8, 4) is 5.75 Å². The number of ether oxygens (including phenoxy) is 1. The minimum atomic E-state index is -2.68. The fourth-order valence-electron chi connectivity index (χ4n) is 1.79. The first-order valence-corrected chi connectivity index (χ1v) is 6.84. The number of halogens is 1. The second kappa shape index (κ2) is 7.97. The van der Waals surface area contributed by atoms with E-state index in [1.54, 1.807) is 0 Å². The number of rotatable bonds is 7. The largest absolute Gasteiger partial charge is 0.496 e. The summed E-state index contributed by atoms with van der Waals surface area (Å²) in [6.07, 6.45) is 0. The second-order valence-electron chi connectivity index (χ2n) is 4.25. The molecular weight excluding hydrogens is 279 g/mol. The van der Waals surface area contributed by atoms with Crippen molar-refractivity contribution in [3.05, 3.63) is 22.7 Å². The third-order valence-corrected chi connectivity index (χ3v) is 3.39. The average molecular weight is 304 g/mol. The zero-order chi connectivity index (χ0) is 17.6. The topological polar surface area (TPSA) is 67.6 Å². The van der Waals surface area contributed by atoms with Gasteiger partial charge >= 0.3 is 0 Å². The summed E-state index contributed by atoms with van der Waals surface area (Å²) in [5.74, 6) is -0.578. The molecule has 1 rings (SSSR count). The number of likely N-dealkylation sites (N-methyl/N-ethyl adjacent to an activating group) is 1. The zero-order valence-electron chi connectivity index (χ0n) is 14.7. The molecule has 112 valence electrons. The van der Waals surface area contributed by atoms with Gasteiger partial charge in [-0.3, -0.25) is 4.79 Å². The van der Waals surface area contributed by atoms with Gasteiger partial charge in [0.2, 0.25) is 0 Å². The predicted octanol–water partition coefficient (Wildman–Crippen LogP) is 2.00. The Kier molecular flexibility index (Phi) is 4.90. The van der Waals surface area contributed by atoms with Crippen LogP contribution < -0.4 is 15.8 Å². The van der Waals surface area contributed by atoms with Gasteiger partial charge in [-0.2, -0.15) is 0 Å². The highest BCUT2D eigenvalue weighted by Crippen LogP contribution is 2.28. The van der Waals surface area contributed by atoms with Gasteiger partial charge < -0.3 is 20.7 Å². The molecule has 3 N–H and O–H groups in total. The van der Waals surface area contributed by atoms with E-state index in [2.05, 4.69) is 10.2 Å². The van der Waals surface area contributed by atoms with E-state index >= 15 is 0 Å². The maximum absolute atomic E-state index is 12.3. The Morgan fingerprint density at radius 1 is 1.50 bits per heavy atom. The van der Waals surface area contributed by atoms with Crippen molar-refractivity contribution in [2.24, 2.45) is 0 Å². The quantitative estimate of drug-likeness (QED) is 0.597. The first-order valence-electron chi connectivity index (χ1n) is 7.96. The Morgan fingerprint density at radius 2 is 2.20 bits per heavy atom. The van der Waals surface area contributed by atoms with Crippen LogP contribution in [0.4, 0.5) is 5.69 Å². The van der Waals surface area contributed by atoms with Crippen LogP contribution in [-0.2, 0) is 0 Å². The highest BCUT2D eigenvalue weighted by atomic mass is 35.5. The van der Waals surface area contributed by atoms with Crippen LogP contribution in [0.15, 0.2) is 12.1 Å². The molecule has 0 aliphatic carbocycles. The van der Waals surface area contributed by atoms with Gasteiger partial charge in [0.15, 0.2) is 0 Å². The van der Waals surface area contributed by atoms with Crippen LogP contribution in [0.25, 0.3) is 0 Å². The maximum atomic E-state index is 12.3. The summed E-state index contributed by atoms with van der Waals surface area (Å²) >= 11 is 5.92. The van der Waals surface area contributed by atoms with Crippen molar-refractivity contribution >= 4 is 23.2 Å². The standard InChI is InChI=1S/C14H22ClN3O2/c1-4-18(5-2)7-6-17-14(19)10-8-11(15)12(16)9-13(10)20-3/h8-9H,4-7,16H2,1-3H3,(H,17,19)/i3+1D3. The van der Waals surface area contributed by atoms with Gasteiger partial charge in [-0.15, -0.1) is 0 Å². The van der Waals surface area contributed by atoms with Crippen molar-refractivity contribution in [2.75, 3.05) is 39.0 Å². The lowest BCUT2D eigenvalue weighted by Gasteiger charge is -2.18. The second-order valence-corrected chi connectivity index (χ2v) is 4.66. The van der Waals surface area contributed by atoms with E-state index in [0.717, 1.165) is 13.1 Å². The number of benzene rings is 1. The molecule has 6 heteroatoms. The number of nitrogens with two attached hydrogens (primary N) is 1. The Bertz CT molecular complexity index is 549. The number of hydrogen-bond acceptors (Lipinski definition) is 4. The van der Waals surface area contributed by atoms with Crippen LogP contribution >= 0.6 is 11.6 Å². The number of hydrogen-bond donors (Lipinski definition) is 2. The first-order chi connectivity index (χ1) is 10.7. The van der Waals surface area contributed by atoms with Crippen LogP contribution in [-0.4, -0.2) is 44.0 Å². The van der Waals surface area contributed by atoms with Crippen molar-refractivity contribution in [1.29, 1.82) is 0 Å². The van der Waals surface area contributed by atoms with Gasteiger partial charge in [-0.25, -0.2) is 0 Å². The monoisotopic (exact) mass is 303 g/mol. The molecule has 20 heavy (non-hydrogen) atoms. The molecule has 0 aromatic heterocycles. The van der Waals surface area contributed by atoms with E-state index in [-0.39, 0.29) is 22.0 Å². The van der Waals surface area contributed by atoms with Gasteiger partial charge in [0, 0.05) is 19.2 Å². The summed E-state index contributed by atoms with van der Waals surface area (Å²) in [6, 6.07) is 2.55. The molecule has 0 saturated carbocycles. The highest BCUT2D eigenvalue weighted by molar-refractivity contribution is 6.33. The molecular formula is C14H22ClN3O2. The van der Waals surface area contributed by atoms with Crippen molar-refractivity contribution in [3.63, 3.8) is 0 Å². The fourth-order valence-corrected chi connectivity index (χ4v) is 1.96. The highest BCUT2D eigenvalue weighted by Gasteiger charge is 2.14. The molecule has 0 aliphatic rings. The summed E-state index contributed by atoms with van der Waals surface area (Å²) in [5.41, 5.74) is 5.84. The molecule has 0 atom stereocenters. The lowest BCUT2D eigenvalue weighted by molar-refractivity contribution is 0.0946. The molecule has 0 fully saturated rings. The molecule has 0 heterocycles. The molecule has 1 aromatic carbocycles. The summed E-state index contributed by atoms with van der Waals surface area (Å²) in [5, 5.41) is 2.89. The molecule has 1 aromatic rings. The smallest absolute Gasteiger partial charge is 0.255 e. The molecule has 0 aliphatic heterocycles. The number of carbonyl (C=O) groups is 1. The third kappa shape index (κ3) is 4.28. The lowest BCUT2D eigenvalue weighted by Crippen LogP contribution is -2.34. The normalized spacial score (nSPS) is 13.5. The number of nitrogens with zero attached hydrogens (tertiary/aromatic N) is 1. The number of carbonyl (C=O) groups excluding carboxylic acids is 1. The SMILES string of the molecule is [2H][13C]([2H])([2H])Oc1cc(N)c(Cl)cc1C(=O)NCCN(CC)CC. The van der Waals surface area contributed by atoms with E-state index in [1.807, 2.05) is 13.8 Å². The Morgan fingerprint density at radius 3 is 2.80 bits per heavy atom. The Balaban J connectivity index is 2.88. The molecule has 0 spiro atoms. The van der Waals surface area contributed by atoms with Gasteiger partial charge in [0.05, 0.1) is 27.4 Å². The van der Waals surface area contributed by atoms with Crippen LogP contribution in [0.5, 0.6) is 5.75 Å². The summed E-state index contributed by atoms with van der Waals surface area (Å²) in [6.45, 7) is 6.95. The van der Waals surface area contributed by atoms with Gasteiger partial charge in [0.1, 0.15) is 5.75 Å². The number of methoxy groups -OCH3 is 1. The maximum Gasteiger partial charge on any atom is 0.255 e. The molecule has 0 saturated heterocycles. The van der Waals surface area contributed by atoms with E-state index in [0.29, 0.717) is 13.1 Å². The van der Waals surface area contributed by atoms with Crippen molar-refractivity contribution in [2.45, 2.75) is 13.8 Å². The Labute approximate surface area is 129 Å². The van der Waals surface area contributed by atoms with Crippen LogP contribution in [0.2, 0.25) is 5.02 Å². The van der Waals surface area contributed by atoms with Crippen molar-refractivity contribution in [1.82, 2.24) is 10.2 Å². The van der Waals surface area contributed by atoms with Gasteiger partial charge in [-0.1, -0.05) is 25.4 Å². The number of nitrogen functional groups attached to an aromatic ring is 1. The van der Waals surface area contributed by atoms with E-state index < -0.39 is 12.9 Å². The Hall–Kier alpha value is -1.46. The van der Waals surface area contributed by atoms with E-state index in [1.165, 1.54) is 12.1 Å². The van der Waals surface area contributed by atoms with Crippen LogP contribution in [0, 0.1) is 0 Å². The lowest BCUT2D eigenvalue weighted by atomic mass is 10.1. The van der Waals surface area contributed by atoms with Gasteiger partial charge in [0.25, 0.3) is 5.91 Å². The first kappa shape index (κ1) is 12.3. The summed E-state index contributed by atoms with van der Waals surface area (Å²) in [7, 11) is -2.68. The van der Waals surface area contributed by atoms with E-state index in [4.69, 9.17) is 26.2 Å². The average Bonchev–Trinajstić information content (AvgIpc) is 2.45. The summed E-state index contributed by atoms with van der Waals surface area (Å²) in [4.78, 5) is 14.4. The number of amides is 1. The minimum absolute atomic E-state index is 0.0415. The summed E-state index contributed by atoms with van der Waals surface area (Å²) < 4.78 is 26.4.